The van der Waals surface area contributed by atoms with Gasteiger partial charge in [-0.3, -0.25) is 0 Å². The largest absolute Gasteiger partial charge is 0.362 e. The highest BCUT2D eigenvalue weighted by Gasteiger charge is 2.36. The second-order valence-corrected chi connectivity index (χ2v) is 9.75. The standard InChI is InChI=1S/C25H33N3S/c1-19-17-25(2,3)28(18-20-8-6-5-7-9-20)23-11-10-21(16-22(19)23)24(29)27-14-12-26(4)13-15-27/h5-11,16,19H,12-15,17-18H2,1-4H3/t19-/m1/s1. The van der Waals surface area contributed by atoms with E-state index in [4.69, 9.17) is 12.2 Å². The monoisotopic (exact) mass is 407 g/mol. The van der Waals surface area contributed by atoms with Gasteiger partial charge in [-0.15, -0.1) is 0 Å². The summed E-state index contributed by atoms with van der Waals surface area (Å²) in [6.45, 7) is 12.3. The Balaban J connectivity index is 1.64. The average Bonchev–Trinajstić information content (AvgIpc) is 2.71. The lowest BCUT2D eigenvalue weighted by molar-refractivity contribution is 0.218. The maximum Gasteiger partial charge on any atom is 0.109 e. The predicted octanol–water partition coefficient (Wildman–Crippen LogP) is 4.90. The van der Waals surface area contributed by atoms with Crippen molar-refractivity contribution in [3.8, 4) is 0 Å². The summed E-state index contributed by atoms with van der Waals surface area (Å²) < 4.78 is 0. The molecule has 1 saturated heterocycles. The first-order valence-electron chi connectivity index (χ1n) is 10.8. The molecule has 4 rings (SSSR count). The van der Waals surface area contributed by atoms with Crippen LogP contribution in [-0.4, -0.2) is 53.6 Å². The van der Waals surface area contributed by atoms with Crippen molar-refractivity contribution in [2.45, 2.75) is 45.2 Å². The highest BCUT2D eigenvalue weighted by Crippen LogP contribution is 2.44. The van der Waals surface area contributed by atoms with Crippen LogP contribution in [-0.2, 0) is 6.54 Å². The minimum Gasteiger partial charge on any atom is -0.362 e. The third kappa shape index (κ3) is 4.19. The van der Waals surface area contributed by atoms with Crippen LogP contribution in [0.25, 0.3) is 0 Å². The molecule has 2 aliphatic rings. The number of benzene rings is 2. The van der Waals surface area contributed by atoms with Crippen LogP contribution < -0.4 is 4.90 Å². The van der Waals surface area contributed by atoms with Crippen molar-refractivity contribution in [3.05, 3.63) is 65.2 Å². The molecule has 0 N–H and O–H groups in total. The number of thiocarbonyl (C=S) groups is 1. The first kappa shape index (κ1) is 20.4. The van der Waals surface area contributed by atoms with Crippen molar-refractivity contribution < 1.29 is 0 Å². The zero-order chi connectivity index (χ0) is 20.6. The molecular formula is C25H33N3S. The third-order valence-corrected chi connectivity index (χ3v) is 7.10. The van der Waals surface area contributed by atoms with Crippen LogP contribution in [0.1, 0.15) is 49.8 Å². The van der Waals surface area contributed by atoms with Crippen LogP contribution in [0.5, 0.6) is 0 Å². The molecule has 2 heterocycles. The molecule has 1 atom stereocenters. The maximum atomic E-state index is 5.90. The summed E-state index contributed by atoms with van der Waals surface area (Å²) in [6, 6.07) is 17.7. The number of anilines is 1. The summed E-state index contributed by atoms with van der Waals surface area (Å²) in [5.74, 6) is 0.530. The van der Waals surface area contributed by atoms with Crippen molar-refractivity contribution >= 4 is 22.9 Å². The van der Waals surface area contributed by atoms with Crippen molar-refractivity contribution in [2.24, 2.45) is 0 Å². The molecular weight excluding hydrogens is 374 g/mol. The highest BCUT2D eigenvalue weighted by atomic mass is 32.1. The van der Waals surface area contributed by atoms with Crippen LogP contribution >= 0.6 is 12.2 Å². The Labute approximate surface area is 181 Å². The Bertz CT molecular complexity index is 869. The number of hydrogen-bond donors (Lipinski definition) is 0. The Hall–Kier alpha value is -1.91. The lowest BCUT2D eigenvalue weighted by Crippen LogP contribution is -2.48. The first-order valence-corrected chi connectivity index (χ1v) is 11.2. The second-order valence-electron chi connectivity index (χ2n) is 9.36. The molecule has 0 unspecified atom stereocenters. The van der Waals surface area contributed by atoms with E-state index >= 15 is 0 Å². The lowest BCUT2D eigenvalue weighted by Gasteiger charge is -2.48. The van der Waals surface area contributed by atoms with Gasteiger partial charge in [-0.25, -0.2) is 0 Å². The smallest absolute Gasteiger partial charge is 0.109 e. The van der Waals surface area contributed by atoms with Crippen LogP contribution in [0.2, 0.25) is 0 Å². The van der Waals surface area contributed by atoms with E-state index in [0.29, 0.717) is 5.92 Å². The van der Waals surface area contributed by atoms with E-state index in [1.165, 1.54) is 22.4 Å². The minimum atomic E-state index is 0.127. The van der Waals surface area contributed by atoms with E-state index < -0.39 is 0 Å². The second kappa shape index (κ2) is 8.08. The Kier molecular flexibility index (Phi) is 5.67. The molecule has 29 heavy (non-hydrogen) atoms. The first-order chi connectivity index (χ1) is 13.8. The molecule has 0 amide bonds. The fraction of sp³-hybridized carbons (Fsp3) is 0.480. The number of likely N-dealkylation sites (N-methyl/N-ethyl adjacent to an activating group) is 1. The van der Waals surface area contributed by atoms with E-state index in [1.54, 1.807) is 0 Å². The molecule has 0 aromatic heterocycles. The average molecular weight is 408 g/mol. The SMILES string of the molecule is C[C@@H]1CC(C)(C)N(Cc2ccccc2)c2ccc(C(=S)N3CCN(C)CC3)cc21. The van der Waals surface area contributed by atoms with E-state index in [1.807, 2.05) is 0 Å². The highest BCUT2D eigenvalue weighted by molar-refractivity contribution is 7.80. The van der Waals surface area contributed by atoms with Crippen LogP contribution in [0.4, 0.5) is 5.69 Å². The number of rotatable bonds is 3. The molecule has 2 aliphatic heterocycles. The summed E-state index contributed by atoms with van der Waals surface area (Å²) >= 11 is 5.90. The molecule has 1 fully saturated rings. The number of hydrogen-bond acceptors (Lipinski definition) is 3. The van der Waals surface area contributed by atoms with Gasteiger partial charge in [0.05, 0.1) is 0 Å². The molecule has 0 saturated carbocycles. The molecule has 4 heteroatoms. The lowest BCUT2D eigenvalue weighted by atomic mass is 9.79. The van der Waals surface area contributed by atoms with E-state index in [-0.39, 0.29) is 5.54 Å². The number of nitrogens with zero attached hydrogens (tertiary/aromatic N) is 3. The van der Waals surface area contributed by atoms with Gasteiger partial charge in [0.1, 0.15) is 4.99 Å². The Morgan fingerprint density at radius 3 is 2.41 bits per heavy atom. The molecule has 2 aromatic carbocycles. The van der Waals surface area contributed by atoms with Crippen LogP contribution in [0.15, 0.2) is 48.5 Å². The number of piperazine rings is 1. The normalized spacial score (nSPS) is 21.7. The van der Waals surface area contributed by atoms with Gasteiger partial charge in [0.2, 0.25) is 0 Å². The summed E-state index contributed by atoms with van der Waals surface area (Å²) in [7, 11) is 2.18. The van der Waals surface area contributed by atoms with E-state index in [0.717, 1.165) is 44.1 Å². The fourth-order valence-electron chi connectivity index (χ4n) is 4.88. The minimum absolute atomic E-state index is 0.127. The van der Waals surface area contributed by atoms with Gasteiger partial charge < -0.3 is 14.7 Å². The van der Waals surface area contributed by atoms with Crippen LogP contribution in [0.3, 0.4) is 0 Å². The fourth-order valence-corrected chi connectivity index (χ4v) is 5.19. The molecule has 2 aromatic rings. The van der Waals surface area contributed by atoms with Crippen molar-refractivity contribution in [2.75, 3.05) is 38.1 Å². The topological polar surface area (TPSA) is 9.72 Å². The van der Waals surface area contributed by atoms with E-state index in [9.17, 15) is 0 Å². The Morgan fingerprint density at radius 1 is 1.03 bits per heavy atom. The van der Waals surface area contributed by atoms with Gasteiger partial charge in [-0.2, -0.15) is 0 Å². The van der Waals surface area contributed by atoms with Crippen molar-refractivity contribution in [1.29, 1.82) is 0 Å². The van der Waals surface area contributed by atoms with Gasteiger partial charge in [0.15, 0.2) is 0 Å². The zero-order valence-corrected chi connectivity index (χ0v) is 19.0. The van der Waals surface area contributed by atoms with Crippen LogP contribution in [0, 0.1) is 0 Å². The zero-order valence-electron chi connectivity index (χ0n) is 18.2. The van der Waals surface area contributed by atoms with Gasteiger partial charge >= 0.3 is 0 Å². The molecule has 3 nitrogen and oxygen atoms in total. The Morgan fingerprint density at radius 2 is 1.72 bits per heavy atom. The quantitative estimate of drug-likeness (QED) is 0.669. The van der Waals surface area contributed by atoms with Crippen molar-refractivity contribution in [3.63, 3.8) is 0 Å². The maximum absolute atomic E-state index is 5.90. The predicted molar refractivity (Wildman–Crippen MR) is 127 cm³/mol. The van der Waals surface area contributed by atoms with Gasteiger partial charge in [-0.1, -0.05) is 49.5 Å². The molecule has 154 valence electrons. The summed E-state index contributed by atoms with van der Waals surface area (Å²) in [5.41, 5.74) is 5.49. The third-order valence-electron chi connectivity index (χ3n) is 6.61. The molecule has 0 radical (unpaired) electrons. The summed E-state index contributed by atoms with van der Waals surface area (Å²) in [4.78, 5) is 8.33. The summed E-state index contributed by atoms with van der Waals surface area (Å²) in [6.07, 6.45) is 1.15. The van der Waals surface area contributed by atoms with Gasteiger partial charge in [0.25, 0.3) is 0 Å². The van der Waals surface area contributed by atoms with Gasteiger partial charge in [0, 0.05) is 49.5 Å². The molecule has 0 spiro atoms. The molecule has 0 aliphatic carbocycles. The number of fused-ring (bicyclic) bond motifs is 1. The van der Waals surface area contributed by atoms with E-state index in [2.05, 4.69) is 91.0 Å². The van der Waals surface area contributed by atoms with Gasteiger partial charge in [-0.05, 0) is 62.6 Å². The van der Waals surface area contributed by atoms with Crippen molar-refractivity contribution in [1.82, 2.24) is 9.80 Å². The molecule has 0 bridgehead atoms. The summed E-state index contributed by atoms with van der Waals surface area (Å²) in [5, 5.41) is 0.